The van der Waals surface area contributed by atoms with Gasteiger partial charge >= 0.3 is 0 Å². The van der Waals surface area contributed by atoms with Crippen molar-refractivity contribution in [3.05, 3.63) is 29.8 Å². The van der Waals surface area contributed by atoms with Crippen molar-refractivity contribution in [1.29, 1.82) is 0 Å². The minimum Gasteiger partial charge on any atom is -0.508 e. The molecule has 0 radical (unpaired) electrons. The first-order valence-corrected chi connectivity index (χ1v) is 5.13. The SMILES string of the molecule is CC(C)SCc1ccc(O)cc1. The van der Waals surface area contributed by atoms with Gasteiger partial charge in [-0.2, -0.15) is 11.8 Å². The third kappa shape index (κ3) is 3.18. The minimum absolute atomic E-state index is 0.341. The van der Waals surface area contributed by atoms with Crippen LogP contribution >= 0.6 is 11.8 Å². The number of benzene rings is 1. The number of phenols is 1. The van der Waals surface area contributed by atoms with Crippen molar-refractivity contribution in [1.82, 2.24) is 0 Å². The lowest BCUT2D eigenvalue weighted by atomic mass is 10.2. The fourth-order valence-corrected chi connectivity index (χ4v) is 1.57. The van der Waals surface area contributed by atoms with Gasteiger partial charge in [0, 0.05) is 5.75 Å². The number of hydrogen-bond donors (Lipinski definition) is 1. The van der Waals surface area contributed by atoms with E-state index in [1.54, 1.807) is 12.1 Å². The van der Waals surface area contributed by atoms with Gasteiger partial charge in [0.15, 0.2) is 0 Å². The molecule has 1 aromatic rings. The van der Waals surface area contributed by atoms with E-state index in [9.17, 15) is 0 Å². The molecule has 0 unspecified atom stereocenters. The van der Waals surface area contributed by atoms with Gasteiger partial charge in [-0.25, -0.2) is 0 Å². The van der Waals surface area contributed by atoms with Gasteiger partial charge in [-0.05, 0) is 22.9 Å². The first-order valence-electron chi connectivity index (χ1n) is 4.08. The summed E-state index contributed by atoms with van der Waals surface area (Å²) in [6.45, 7) is 4.37. The Hall–Kier alpha value is -0.630. The van der Waals surface area contributed by atoms with Gasteiger partial charge in [0.2, 0.25) is 0 Å². The Balaban J connectivity index is 2.48. The number of phenolic OH excluding ortho intramolecular Hbond substituents is 1. The average molecular weight is 182 g/mol. The standard InChI is InChI=1S/C10H14OS/c1-8(2)12-7-9-3-5-10(11)6-4-9/h3-6,8,11H,7H2,1-2H3. The molecule has 2 heteroatoms. The van der Waals surface area contributed by atoms with Gasteiger partial charge in [-0.3, -0.25) is 0 Å². The molecule has 0 amide bonds. The molecule has 12 heavy (non-hydrogen) atoms. The summed E-state index contributed by atoms with van der Waals surface area (Å²) in [4.78, 5) is 0. The zero-order chi connectivity index (χ0) is 8.97. The summed E-state index contributed by atoms with van der Waals surface area (Å²) in [5.74, 6) is 1.37. The Labute approximate surface area is 77.8 Å². The van der Waals surface area contributed by atoms with Gasteiger partial charge < -0.3 is 5.11 Å². The predicted molar refractivity (Wildman–Crippen MR) is 54.5 cm³/mol. The molecule has 1 nitrogen and oxygen atoms in total. The second-order valence-corrected chi connectivity index (χ2v) is 4.59. The number of rotatable bonds is 3. The fraction of sp³-hybridized carbons (Fsp3) is 0.400. The maximum atomic E-state index is 9.03. The zero-order valence-electron chi connectivity index (χ0n) is 7.45. The molecule has 1 N–H and O–H groups in total. The van der Waals surface area contributed by atoms with Crippen LogP contribution in [-0.4, -0.2) is 10.4 Å². The third-order valence-electron chi connectivity index (χ3n) is 1.52. The van der Waals surface area contributed by atoms with E-state index in [1.165, 1.54) is 5.56 Å². The van der Waals surface area contributed by atoms with Crippen LogP contribution in [0.25, 0.3) is 0 Å². The van der Waals surface area contributed by atoms with Crippen molar-refractivity contribution >= 4 is 11.8 Å². The van der Waals surface area contributed by atoms with Crippen LogP contribution in [0.1, 0.15) is 19.4 Å². The number of aromatic hydroxyl groups is 1. The van der Waals surface area contributed by atoms with E-state index in [1.807, 2.05) is 23.9 Å². The summed E-state index contributed by atoms with van der Waals surface area (Å²) in [7, 11) is 0. The smallest absolute Gasteiger partial charge is 0.115 e. The molecule has 0 fully saturated rings. The highest BCUT2D eigenvalue weighted by Gasteiger charge is 1.96. The predicted octanol–water partition coefficient (Wildman–Crippen LogP) is 3.03. The number of thioether (sulfide) groups is 1. The molecule has 0 spiro atoms. The molecule has 0 atom stereocenters. The second kappa shape index (κ2) is 4.41. The largest absolute Gasteiger partial charge is 0.508 e. The summed E-state index contributed by atoms with van der Waals surface area (Å²) in [5, 5.41) is 9.69. The maximum Gasteiger partial charge on any atom is 0.115 e. The first-order chi connectivity index (χ1) is 5.68. The molecule has 0 aliphatic rings. The molecule has 66 valence electrons. The van der Waals surface area contributed by atoms with Crippen molar-refractivity contribution in [3.63, 3.8) is 0 Å². The van der Waals surface area contributed by atoms with Crippen molar-refractivity contribution in [2.75, 3.05) is 0 Å². The Bertz CT molecular complexity index is 228. The Morgan fingerprint density at radius 2 is 1.83 bits per heavy atom. The summed E-state index contributed by atoms with van der Waals surface area (Å²) < 4.78 is 0. The van der Waals surface area contributed by atoms with E-state index < -0.39 is 0 Å². The molecule has 1 rings (SSSR count). The van der Waals surface area contributed by atoms with E-state index in [2.05, 4.69) is 13.8 Å². The summed E-state index contributed by atoms with van der Waals surface area (Å²) in [6, 6.07) is 7.39. The third-order valence-corrected chi connectivity index (χ3v) is 2.69. The molecular formula is C10H14OS. The van der Waals surface area contributed by atoms with Crippen molar-refractivity contribution in [3.8, 4) is 5.75 Å². The lowest BCUT2D eigenvalue weighted by molar-refractivity contribution is 0.475. The highest BCUT2D eigenvalue weighted by molar-refractivity contribution is 7.99. The molecule has 0 saturated carbocycles. The van der Waals surface area contributed by atoms with E-state index in [4.69, 9.17) is 5.11 Å². The van der Waals surface area contributed by atoms with E-state index in [-0.39, 0.29) is 0 Å². The normalized spacial score (nSPS) is 10.6. The molecule has 0 saturated heterocycles. The zero-order valence-corrected chi connectivity index (χ0v) is 8.27. The number of hydrogen-bond acceptors (Lipinski definition) is 2. The van der Waals surface area contributed by atoms with Crippen LogP contribution in [-0.2, 0) is 5.75 Å². The van der Waals surface area contributed by atoms with Crippen LogP contribution in [0.15, 0.2) is 24.3 Å². The molecule has 0 aliphatic heterocycles. The van der Waals surface area contributed by atoms with Crippen molar-refractivity contribution in [2.24, 2.45) is 0 Å². The summed E-state index contributed by atoms with van der Waals surface area (Å²) in [6.07, 6.45) is 0. The van der Waals surface area contributed by atoms with Crippen LogP contribution < -0.4 is 0 Å². The molecule has 0 heterocycles. The monoisotopic (exact) mass is 182 g/mol. The first kappa shape index (κ1) is 9.46. The summed E-state index contributed by atoms with van der Waals surface area (Å²) >= 11 is 1.91. The molecule has 1 aromatic carbocycles. The van der Waals surface area contributed by atoms with Gasteiger partial charge in [0.25, 0.3) is 0 Å². The van der Waals surface area contributed by atoms with E-state index in [0.29, 0.717) is 11.0 Å². The van der Waals surface area contributed by atoms with Crippen LogP contribution in [0.5, 0.6) is 5.75 Å². The molecule has 0 bridgehead atoms. The van der Waals surface area contributed by atoms with Crippen LogP contribution in [0.2, 0.25) is 0 Å². The molecule has 0 aromatic heterocycles. The van der Waals surface area contributed by atoms with E-state index >= 15 is 0 Å². The van der Waals surface area contributed by atoms with Gasteiger partial charge in [-0.1, -0.05) is 26.0 Å². The fourth-order valence-electron chi connectivity index (χ4n) is 0.855. The molecular weight excluding hydrogens is 168 g/mol. The topological polar surface area (TPSA) is 20.2 Å². The van der Waals surface area contributed by atoms with Crippen LogP contribution in [0.3, 0.4) is 0 Å². The van der Waals surface area contributed by atoms with Crippen LogP contribution in [0.4, 0.5) is 0 Å². The van der Waals surface area contributed by atoms with Gasteiger partial charge in [-0.15, -0.1) is 0 Å². The van der Waals surface area contributed by atoms with E-state index in [0.717, 1.165) is 5.75 Å². The lowest BCUT2D eigenvalue weighted by Gasteiger charge is -2.04. The van der Waals surface area contributed by atoms with Crippen LogP contribution in [0, 0.1) is 0 Å². The highest BCUT2D eigenvalue weighted by Crippen LogP contribution is 2.18. The Morgan fingerprint density at radius 3 is 2.33 bits per heavy atom. The van der Waals surface area contributed by atoms with Crippen molar-refractivity contribution < 1.29 is 5.11 Å². The van der Waals surface area contributed by atoms with Gasteiger partial charge in [0.05, 0.1) is 0 Å². The summed E-state index contributed by atoms with van der Waals surface area (Å²) in [5.41, 5.74) is 1.27. The minimum atomic E-state index is 0.341. The maximum absolute atomic E-state index is 9.03. The Morgan fingerprint density at radius 1 is 1.25 bits per heavy atom. The second-order valence-electron chi connectivity index (χ2n) is 3.03. The van der Waals surface area contributed by atoms with Crippen molar-refractivity contribution in [2.45, 2.75) is 24.9 Å². The quantitative estimate of drug-likeness (QED) is 0.775. The van der Waals surface area contributed by atoms with Gasteiger partial charge in [0.1, 0.15) is 5.75 Å². The average Bonchev–Trinajstić information content (AvgIpc) is 2.03. The molecule has 0 aliphatic carbocycles. The lowest BCUT2D eigenvalue weighted by Crippen LogP contribution is -1.88. The Kier molecular flexibility index (Phi) is 3.48. The highest BCUT2D eigenvalue weighted by atomic mass is 32.2.